The van der Waals surface area contributed by atoms with Crippen LogP contribution in [0.4, 0.5) is 5.69 Å². The van der Waals surface area contributed by atoms with Gasteiger partial charge in [-0.1, -0.05) is 48.2 Å². The van der Waals surface area contributed by atoms with Crippen LogP contribution in [0.5, 0.6) is 0 Å². The largest absolute Gasteiger partial charge is 0.269 e. The Balaban J connectivity index is 1.65. The summed E-state index contributed by atoms with van der Waals surface area (Å²) in [6, 6.07) is 34.5. The molecule has 4 rings (SSSR count). The van der Waals surface area contributed by atoms with Crippen molar-refractivity contribution in [3.8, 4) is 0 Å². The molecule has 0 unspecified atom stereocenters. The van der Waals surface area contributed by atoms with E-state index in [1.807, 2.05) is 12.1 Å². The highest BCUT2D eigenvalue weighted by Crippen LogP contribution is 2.36. The molecule has 30 heavy (non-hydrogen) atoms. The Bertz CT molecular complexity index is 1110. The molecule has 0 fully saturated rings. The molecule has 0 aliphatic rings. The highest BCUT2D eigenvalue weighted by Gasteiger charge is 2.28. The van der Waals surface area contributed by atoms with Gasteiger partial charge in [0.15, 0.2) is 14.7 Å². The Morgan fingerprint density at radius 3 is 1.80 bits per heavy atom. The van der Waals surface area contributed by atoms with Crippen LogP contribution in [0, 0.1) is 17.0 Å². The Hall–Kier alpha value is -3.02. The molecular formula is C25H20NO2S2+. The van der Waals surface area contributed by atoms with E-state index in [1.54, 1.807) is 36.0 Å². The van der Waals surface area contributed by atoms with Crippen molar-refractivity contribution in [3.05, 3.63) is 119 Å². The average Bonchev–Trinajstić information content (AvgIpc) is 2.78. The molecule has 0 saturated carbocycles. The third-order valence-corrected chi connectivity index (χ3v) is 8.01. The van der Waals surface area contributed by atoms with E-state index in [0.717, 1.165) is 9.79 Å². The normalized spacial score (nSPS) is 10.9. The molecule has 0 saturated heterocycles. The molecule has 0 bridgehead atoms. The second kappa shape index (κ2) is 9.20. The maximum absolute atomic E-state index is 10.9. The molecule has 148 valence electrons. The van der Waals surface area contributed by atoms with Crippen LogP contribution in [0.25, 0.3) is 0 Å². The van der Waals surface area contributed by atoms with Gasteiger partial charge in [0.1, 0.15) is 0 Å². The second-order valence-electron chi connectivity index (χ2n) is 6.71. The molecule has 5 heteroatoms. The Labute approximate surface area is 183 Å². The molecule has 0 amide bonds. The van der Waals surface area contributed by atoms with Gasteiger partial charge in [0.25, 0.3) is 5.69 Å². The predicted octanol–water partition coefficient (Wildman–Crippen LogP) is 7.15. The maximum atomic E-state index is 10.9. The van der Waals surface area contributed by atoms with Crippen molar-refractivity contribution in [1.29, 1.82) is 0 Å². The fourth-order valence-corrected chi connectivity index (χ4v) is 6.20. The Kier molecular flexibility index (Phi) is 6.21. The first-order valence-electron chi connectivity index (χ1n) is 9.49. The van der Waals surface area contributed by atoms with Crippen LogP contribution < -0.4 is 0 Å². The standard InChI is InChI=1S/C25H20NO2S2/c1-19-18-24(16-17-25(19)29-21-14-12-20(13-15-21)26(27)28)30(22-8-4-2-5-9-22)23-10-6-3-7-11-23/h2-18H,1H3/q+1. The zero-order valence-electron chi connectivity index (χ0n) is 16.4. The highest BCUT2D eigenvalue weighted by atomic mass is 32.2. The molecule has 0 N–H and O–H groups in total. The molecule has 0 radical (unpaired) electrons. The molecule has 3 nitrogen and oxygen atoms in total. The number of hydrogen-bond acceptors (Lipinski definition) is 3. The molecule has 0 spiro atoms. The minimum Gasteiger partial charge on any atom is -0.258 e. The lowest BCUT2D eigenvalue weighted by molar-refractivity contribution is -0.384. The van der Waals surface area contributed by atoms with Crippen molar-refractivity contribution in [3.63, 3.8) is 0 Å². The monoisotopic (exact) mass is 430 g/mol. The van der Waals surface area contributed by atoms with Crippen LogP contribution in [0.3, 0.4) is 0 Å². The number of nitro groups is 1. The molecule has 0 heterocycles. The summed E-state index contributed by atoms with van der Waals surface area (Å²) < 4.78 is 0. The number of aryl methyl sites for hydroxylation is 1. The van der Waals surface area contributed by atoms with Crippen molar-refractivity contribution < 1.29 is 4.92 Å². The smallest absolute Gasteiger partial charge is 0.258 e. The minimum atomic E-state index is -0.372. The fourth-order valence-electron chi connectivity index (χ4n) is 3.15. The van der Waals surface area contributed by atoms with Gasteiger partial charge in [0, 0.05) is 21.9 Å². The van der Waals surface area contributed by atoms with E-state index in [1.165, 1.54) is 20.2 Å². The SMILES string of the molecule is Cc1cc([S+](c2ccccc2)c2ccccc2)ccc1Sc1ccc([N+](=O)[O-])cc1. The zero-order chi connectivity index (χ0) is 20.9. The van der Waals surface area contributed by atoms with E-state index < -0.39 is 0 Å². The van der Waals surface area contributed by atoms with Gasteiger partial charge >= 0.3 is 0 Å². The second-order valence-corrected chi connectivity index (χ2v) is 9.85. The van der Waals surface area contributed by atoms with Gasteiger partial charge in [-0.25, -0.2) is 0 Å². The van der Waals surface area contributed by atoms with Gasteiger partial charge in [0.2, 0.25) is 0 Å². The fraction of sp³-hybridized carbons (Fsp3) is 0.0400. The molecule has 0 aromatic heterocycles. The van der Waals surface area contributed by atoms with Gasteiger partial charge < -0.3 is 0 Å². The molecule has 0 aliphatic carbocycles. The van der Waals surface area contributed by atoms with Crippen molar-refractivity contribution in [1.82, 2.24) is 0 Å². The summed E-state index contributed by atoms with van der Waals surface area (Å²) in [5.41, 5.74) is 1.31. The lowest BCUT2D eigenvalue weighted by Crippen LogP contribution is -2.05. The lowest BCUT2D eigenvalue weighted by atomic mass is 10.2. The summed E-state index contributed by atoms with van der Waals surface area (Å²) in [6.45, 7) is 2.12. The lowest BCUT2D eigenvalue weighted by Gasteiger charge is -2.11. The first kappa shape index (κ1) is 20.3. The van der Waals surface area contributed by atoms with Gasteiger partial charge in [-0.3, -0.25) is 10.1 Å². The third kappa shape index (κ3) is 4.58. The summed E-state index contributed by atoms with van der Waals surface area (Å²) in [4.78, 5) is 16.5. The van der Waals surface area contributed by atoms with Crippen LogP contribution in [-0.2, 0) is 10.9 Å². The van der Waals surface area contributed by atoms with Crippen LogP contribution in [-0.4, -0.2) is 4.92 Å². The summed E-state index contributed by atoms with van der Waals surface area (Å²) in [5.74, 6) is 0. The topological polar surface area (TPSA) is 43.1 Å². The summed E-state index contributed by atoms with van der Waals surface area (Å²) in [7, 11) is -0.172. The van der Waals surface area contributed by atoms with E-state index in [9.17, 15) is 10.1 Å². The maximum Gasteiger partial charge on any atom is 0.269 e. The van der Waals surface area contributed by atoms with Crippen molar-refractivity contribution in [2.45, 2.75) is 31.4 Å². The molecule has 0 aliphatic heterocycles. The summed E-state index contributed by atoms with van der Waals surface area (Å²) >= 11 is 1.63. The van der Waals surface area contributed by atoms with Crippen molar-refractivity contribution >= 4 is 28.3 Å². The van der Waals surface area contributed by atoms with Crippen molar-refractivity contribution in [2.75, 3.05) is 0 Å². The van der Waals surface area contributed by atoms with Gasteiger partial charge in [0.05, 0.1) is 15.8 Å². The molecule has 4 aromatic carbocycles. The van der Waals surface area contributed by atoms with E-state index in [-0.39, 0.29) is 21.5 Å². The van der Waals surface area contributed by atoms with Crippen LogP contribution in [0.1, 0.15) is 5.56 Å². The van der Waals surface area contributed by atoms with Gasteiger partial charge in [-0.15, -0.1) is 0 Å². The zero-order valence-corrected chi connectivity index (χ0v) is 18.0. The average molecular weight is 431 g/mol. The number of non-ortho nitro benzene ring substituents is 1. The van der Waals surface area contributed by atoms with Crippen molar-refractivity contribution in [2.24, 2.45) is 0 Å². The number of nitro benzene ring substituents is 1. The van der Waals surface area contributed by atoms with Crippen LogP contribution in [0.2, 0.25) is 0 Å². The number of nitrogens with zero attached hydrogens (tertiary/aromatic N) is 1. The number of rotatable bonds is 6. The Morgan fingerprint density at radius 2 is 1.30 bits per heavy atom. The quantitative estimate of drug-likeness (QED) is 0.185. The number of hydrogen-bond donors (Lipinski definition) is 0. The van der Waals surface area contributed by atoms with Crippen LogP contribution in [0.15, 0.2) is 128 Å². The van der Waals surface area contributed by atoms with E-state index in [4.69, 9.17) is 0 Å². The van der Waals surface area contributed by atoms with Crippen LogP contribution >= 0.6 is 11.8 Å². The molecular weight excluding hydrogens is 410 g/mol. The third-order valence-electron chi connectivity index (χ3n) is 4.62. The molecule has 4 aromatic rings. The van der Waals surface area contributed by atoms with E-state index in [0.29, 0.717) is 0 Å². The highest BCUT2D eigenvalue weighted by molar-refractivity contribution is 7.99. The van der Waals surface area contributed by atoms with E-state index in [2.05, 4.69) is 73.7 Å². The molecule has 0 atom stereocenters. The first-order valence-corrected chi connectivity index (χ1v) is 11.5. The number of benzene rings is 4. The predicted molar refractivity (Wildman–Crippen MR) is 123 cm³/mol. The minimum absolute atomic E-state index is 0.112. The van der Waals surface area contributed by atoms with Gasteiger partial charge in [-0.2, -0.15) is 0 Å². The summed E-state index contributed by atoms with van der Waals surface area (Å²) in [6.07, 6.45) is 0. The Morgan fingerprint density at radius 1 is 0.733 bits per heavy atom. The van der Waals surface area contributed by atoms with E-state index >= 15 is 0 Å². The first-order chi connectivity index (χ1) is 14.6. The summed E-state index contributed by atoms with van der Waals surface area (Å²) in [5, 5.41) is 10.9. The van der Waals surface area contributed by atoms with Gasteiger partial charge in [-0.05, 0) is 67.1 Å².